The molecule has 0 radical (unpaired) electrons. The second kappa shape index (κ2) is 8.32. The minimum absolute atomic E-state index is 0. The predicted molar refractivity (Wildman–Crippen MR) is 99.6 cm³/mol. The predicted octanol–water partition coefficient (Wildman–Crippen LogP) is 2.20. The van der Waals surface area contributed by atoms with E-state index in [1.165, 1.54) is 16.8 Å². The van der Waals surface area contributed by atoms with Crippen molar-refractivity contribution in [3.05, 3.63) is 47.8 Å². The molecule has 132 valence electrons. The van der Waals surface area contributed by atoms with Gasteiger partial charge in [-0.2, -0.15) is 5.10 Å². The summed E-state index contributed by atoms with van der Waals surface area (Å²) in [6, 6.07) is 9.02. The highest BCUT2D eigenvalue weighted by Gasteiger charge is 2.35. The number of halogens is 2. The van der Waals surface area contributed by atoms with Crippen LogP contribution in [0.2, 0.25) is 0 Å². The number of benzene rings is 1. The van der Waals surface area contributed by atoms with E-state index < -0.39 is 0 Å². The third-order valence-corrected chi connectivity index (χ3v) is 4.56. The molecule has 1 N–H and O–H groups in total. The lowest BCUT2D eigenvalue weighted by molar-refractivity contribution is 0.0175. The molecule has 3 heterocycles. The summed E-state index contributed by atoms with van der Waals surface area (Å²) in [6.07, 6.45) is 4.17. The van der Waals surface area contributed by atoms with Gasteiger partial charge in [-0.3, -0.25) is 4.90 Å². The van der Waals surface area contributed by atoms with Crippen LogP contribution in [-0.2, 0) is 11.3 Å². The van der Waals surface area contributed by atoms with Crippen molar-refractivity contribution in [1.29, 1.82) is 0 Å². The van der Waals surface area contributed by atoms with Gasteiger partial charge in [0.15, 0.2) is 0 Å². The fourth-order valence-corrected chi connectivity index (χ4v) is 3.52. The van der Waals surface area contributed by atoms with Crippen LogP contribution in [0.5, 0.6) is 0 Å². The van der Waals surface area contributed by atoms with Crippen molar-refractivity contribution in [2.24, 2.45) is 0 Å². The molecule has 2 atom stereocenters. The number of hydrogen-bond donors (Lipinski definition) is 1. The van der Waals surface area contributed by atoms with Crippen LogP contribution in [0.1, 0.15) is 11.1 Å². The number of nitrogens with zero attached hydrogens (tertiary/aromatic N) is 3. The van der Waals surface area contributed by atoms with Gasteiger partial charge in [-0.1, -0.05) is 17.7 Å². The third kappa shape index (κ3) is 3.92. The number of hydrogen-bond acceptors (Lipinski definition) is 4. The SMILES string of the molecule is Cc1ccc(-n2cccn2)c(CN2C[C@@H]3NCCO[C@H]3C2)c1.Cl.Cl. The maximum atomic E-state index is 5.87. The zero-order valence-corrected chi connectivity index (χ0v) is 15.4. The van der Waals surface area contributed by atoms with E-state index in [-0.39, 0.29) is 24.8 Å². The molecule has 2 aliphatic heterocycles. The average molecular weight is 371 g/mol. The monoisotopic (exact) mass is 370 g/mol. The number of fused-ring (bicyclic) bond motifs is 1. The van der Waals surface area contributed by atoms with Crippen molar-refractivity contribution in [3.8, 4) is 5.69 Å². The Balaban J connectivity index is 0.00000104. The van der Waals surface area contributed by atoms with Gasteiger partial charge in [-0.25, -0.2) is 4.68 Å². The second-order valence-corrected chi connectivity index (χ2v) is 6.25. The first-order valence-electron chi connectivity index (χ1n) is 7.96. The summed E-state index contributed by atoms with van der Waals surface area (Å²) in [4.78, 5) is 2.48. The van der Waals surface area contributed by atoms with Gasteiger partial charge in [0.1, 0.15) is 0 Å². The summed E-state index contributed by atoms with van der Waals surface area (Å²) in [5, 5.41) is 7.95. The van der Waals surface area contributed by atoms with Crippen LogP contribution in [0.4, 0.5) is 0 Å². The van der Waals surface area contributed by atoms with Crippen LogP contribution in [0, 0.1) is 6.92 Å². The minimum atomic E-state index is 0. The van der Waals surface area contributed by atoms with Crippen LogP contribution in [0.15, 0.2) is 36.7 Å². The van der Waals surface area contributed by atoms with Crippen molar-refractivity contribution in [2.75, 3.05) is 26.2 Å². The lowest BCUT2D eigenvalue weighted by atomic mass is 10.1. The first kappa shape index (κ1) is 19.2. The van der Waals surface area contributed by atoms with Crippen LogP contribution in [-0.4, -0.2) is 53.1 Å². The van der Waals surface area contributed by atoms with E-state index in [4.69, 9.17) is 4.74 Å². The smallest absolute Gasteiger partial charge is 0.0867 e. The molecule has 0 spiro atoms. The number of aryl methyl sites for hydroxylation is 1. The molecule has 2 saturated heterocycles. The van der Waals surface area contributed by atoms with E-state index in [1.54, 1.807) is 0 Å². The van der Waals surface area contributed by atoms with E-state index in [2.05, 4.69) is 40.4 Å². The number of rotatable bonds is 3. The van der Waals surface area contributed by atoms with Crippen molar-refractivity contribution in [3.63, 3.8) is 0 Å². The Kier molecular flexibility index (Phi) is 6.66. The highest BCUT2D eigenvalue weighted by Crippen LogP contribution is 2.22. The molecule has 0 saturated carbocycles. The summed E-state index contributed by atoms with van der Waals surface area (Å²) in [7, 11) is 0. The number of ether oxygens (including phenoxy) is 1. The topological polar surface area (TPSA) is 42.3 Å². The Morgan fingerprint density at radius 1 is 1.29 bits per heavy atom. The van der Waals surface area contributed by atoms with E-state index in [0.717, 1.165) is 32.8 Å². The van der Waals surface area contributed by atoms with Crippen LogP contribution in [0.3, 0.4) is 0 Å². The standard InChI is InChI=1S/C17H22N4O.2ClH/c1-13-3-4-16(21-7-2-5-19-21)14(9-13)10-20-11-15-17(12-20)22-8-6-18-15;;/h2-5,7,9,15,17-18H,6,8,10-12H2,1H3;2*1H/t15-,17-;;/m0../s1. The van der Waals surface area contributed by atoms with Gasteiger partial charge < -0.3 is 10.1 Å². The molecular formula is C17H24Cl2N4O. The molecule has 2 fully saturated rings. The van der Waals surface area contributed by atoms with Crippen LogP contribution < -0.4 is 5.32 Å². The van der Waals surface area contributed by atoms with Gasteiger partial charge in [-0.05, 0) is 24.6 Å². The maximum Gasteiger partial charge on any atom is 0.0867 e. The van der Waals surface area contributed by atoms with Gasteiger partial charge >= 0.3 is 0 Å². The van der Waals surface area contributed by atoms with E-state index >= 15 is 0 Å². The molecule has 0 bridgehead atoms. The summed E-state index contributed by atoms with van der Waals surface area (Å²) < 4.78 is 7.83. The lowest BCUT2D eigenvalue weighted by Crippen LogP contribution is -2.47. The number of morpholine rings is 1. The zero-order valence-electron chi connectivity index (χ0n) is 13.7. The first-order valence-corrected chi connectivity index (χ1v) is 7.96. The molecule has 5 nitrogen and oxygen atoms in total. The second-order valence-electron chi connectivity index (χ2n) is 6.25. The fraction of sp³-hybridized carbons (Fsp3) is 0.471. The van der Waals surface area contributed by atoms with Gasteiger partial charge in [0.05, 0.1) is 18.4 Å². The quantitative estimate of drug-likeness (QED) is 0.899. The van der Waals surface area contributed by atoms with Gasteiger partial charge in [0, 0.05) is 44.6 Å². The molecule has 1 aromatic heterocycles. The van der Waals surface area contributed by atoms with Gasteiger partial charge in [0.2, 0.25) is 0 Å². The fourth-order valence-electron chi connectivity index (χ4n) is 3.52. The number of nitrogens with one attached hydrogen (secondary N) is 1. The van der Waals surface area contributed by atoms with Crippen LogP contribution in [0.25, 0.3) is 5.69 Å². The first-order chi connectivity index (χ1) is 10.8. The Hall–Kier alpha value is -1.11. The Morgan fingerprint density at radius 3 is 2.92 bits per heavy atom. The maximum absolute atomic E-state index is 5.87. The van der Waals surface area contributed by atoms with E-state index in [0.29, 0.717) is 12.1 Å². The molecule has 4 rings (SSSR count). The lowest BCUT2D eigenvalue weighted by Gasteiger charge is -2.25. The van der Waals surface area contributed by atoms with Crippen molar-refractivity contribution < 1.29 is 4.74 Å². The van der Waals surface area contributed by atoms with Gasteiger partial charge in [0.25, 0.3) is 0 Å². The highest BCUT2D eigenvalue weighted by molar-refractivity contribution is 5.85. The summed E-state index contributed by atoms with van der Waals surface area (Å²) in [5.41, 5.74) is 3.78. The molecular weight excluding hydrogens is 347 g/mol. The molecule has 1 aromatic carbocycles. The highest BCUT2D eigenvalue weighted by atomic mass is 35.5. The van der Waals surface area contributed by atoms with Crippen molar-refractivity contribution in [2.45, 2.75) is 25.6 Å². The van der Waals surface area contributed by atoms with E-state index in [9.17, 15) is 0 Å². The average Bonchev–Trinajstić information content (AvgIpc) is 3.15. The Bertz CT molecular complexity index is 636. The van der Waals surface area contributed by atoms with Crippen molar-refractivity contribution in [1.82, 2.24) is 20.0 Å². The molecule has 2 aliphatic rings. The Labute approximate surface area is 155 Å². The summed E-state index contributed by atoms with van der Waals surface area (Å²) in [5.74, 6) is 0. The largest absolute Gasteiger partial charge is 0.374 e. The van der Waals surface area contributed by atoms with E-state index in [1.807, 2.05) is 23.1 Å². The number of likely N-dealkylation sites (tertiary alicyclic amines) is 1. The molecule has 7 heteroatoms. The zero-order chi connectivity index (χ0) is 14.9. The summed E-state index contributed by atoms with van der Waals surface area (Å²) >= 11 is 0. The molecule has 0 aliphatic carbocycles. The van der Waals surface area contributed by atoms with Crippen molar-refractivity contribution >= 4 is 24.8 Å². The Morgan fingerprint density at radius 2 is 2.17 bits per heavy atom. The molecule has 0 unspecified atom stereocenters. The molecule has 2 aromatic rings. The third-order valence-electron chi connectivity index (χ3n) is 4.56. The molecule has 24 heavy (non-hydrogen) atoms. The molecule has 0 amide bonds. The van der Waals surface area contributed by atoms with Crippen LogP contribution >= 0.6 is 24.8 Å². The minimum Gasteiger partial charge on any atom is -0.374 e. The number of aromatic nitrogens is 2. The summed E-state index contributed by atoms with van der Waals surface area (Å²) in [6.45, 7) is 6.94. The normalized spacial score (nSPS) is 23.2. The van der Waals surface area contributed by atoms with Gasteiger partial charge in [-0.15, -0.1) is 24.8 Å².